The fourth-order valence-corrected chi connectivity index (χ4v) is 3.24. The smallest absolute Gasteiger partial charge is 0.338 e. The average molecular weight is 418 g/mol. The van der Waals surface area contributed by atoms with Gasteiger partial charge in [0.05, 0.1) is 17.7 Å². The summed E-state index contributed by atoms with van der Waals surface area (Å²) in [6.07, 6.45) is -6.60. The first-order chi connectivity index (χ1) is 14.5. The molecule has 0 spiro atoms. The highest BCUT2D eigenvalue weighted by Crippen LogP contribution is 2.30. The molecular formula is C22H23FO7. The first kappa shape index (κ1) is 21.9. The molecule has 0 aromatic heterocycles. The van der Waals surface area contributed by atoms with E-state index in [1.54, 1.807) is 48.5 Å². The van der Waals surface area contributed by atoms with E-state index in [0.717, 1.165) is 0 Å². The van der Waals surface area contributed by atoms with Crippen molar-refractivity contribution in [1.29, 1.82) is 0 Å². The van der Waals surface area contributed by atoms with Gasteiger partial charge in [-0.2, -0.15) is 0 Å². The minimum Gasteiger partial charge on any atom is -0.452 e. The van der Waals surface area contributed by atoms with Crippen LogP contribution in [0, 0.1) is 0 Å². The largest absolute Gasteiger partial charge is 0.452 e. The maximum atomic E-state index is 14.9. The van der Waals surface area contributed by atoms with Crippen molar-refractivity contribution in [2.75, 3.05) is 20.8 Å². The van der Waals surface area contributed by atoms with E-state index in [1.165, 1.54) is 26.4 Å². The predicted molar refractivity (Wildman–Crippen MR) is 104 cm³/mol. The zero-order valence-electron chi connectivity index (χ0n) is 16.6. The Hall–Kier alpha value is -2.81. The van der Waals surface area contributed by atoms with Crippen LogP contribution < -0.4 is 0 Å². The van der Waals surface area contributed by atoms with E-state index >= 15 is 0 Å². The zero-order chi connectivity index (χ0) is 21.5. The molecular weight excluding hydrogens is 395 g/mol. The number of alkyl halides is 1. The van der Waals surface area contributed by atoms with E-state index in [9.17, 15) is 14.0 Å². The maximum Gasteiger partial charge on any atom is 0.338 e. The van der Waals surface area contributed by atoms with Crippen LogP contribution in [0.5, 0.6) is 0 Å². The molecule has 5 atom stereocenters. The lowest BCUT2D eigenvalue weighted by Gasteiger charge is -2.42. The summed E-state index contributed by atoms with van der Waals surface area (Å²) in [5, 5.41) is 0. The summed E-state index contributed by atoms with van der Waals surface area (Å²) in [5.74, 6) is -1.47. The Morgan fingerprint density at radius 2 is 1.33 bits per heavy atom. The van der Waals surface area contributed by atoms with E-state index in [-0.39, 0.29) is 17.7 Å². The quantitative estimate of drug-likeness (QED) is 0.640. The van der Waals surface area contributed by atoms with Gasteiger partial charge in [0.25, 0.3) is 0 Å². The van der Waals surface area contributed by atoms with Gasteiger partial charge in [-0.15, -0.1) is 0 Å². The van der Waals surface area contributed by atoms with Crippen LogP contribution in [0.2, 0.25) is 0 Å². The van der Waals surface area contributed by atoms with Crippen molar-refractivity contribution in [3.8, 4) is 0 Å². The third-order valence-corrected chi connectivity index (χ3v) is 4.69. The number of esters is 2. The predicted octanol–water partition coefficient (Wildman–Crippen LogP) is 2.79. The minimum atomic E-state index is -2.04. The molecule has 0 radical (unpaired) electrons. The van der Waals surface area contributed by atoms with Crippen molar-refractivity contribution in [2.24, 2.45) is 0 Å². The number of benzene rings is 2. The Kier molecular flexibility index (Phi) is 7.51. The molecule has 0 N–H and O–H groups in total. The van der Waals surface area contributed by atoms with Crippen LogP contribution in [-0.4, -0.2) is 63.5 Å². The van der Waals surface area contributed by atoms with E-state index in [1.807, 2.05) is 0 Å². The van der Waals surface area contributed by atoms with Crippen LogP contribution in [0.15, 0.2) is 60.7 Å². The monoisotopic (exact) mass is 418 g/mol. The summed E-state index contributed by atoms with van der Waals surface area (Å²) in [7, 11) is 2.80. The summed E-state index contributed by atoms with van der Waals surface area (Å²) in [5.41, 5.74) is 0.497. The number of hydrogen-bond donors (Lipinski definition) is 0. The fourth-order valence-electron chi connectivity index (χ4n) is 3.24. The van der Waals surface area contributed by atoms with Gasteiger partial charge >= 0.3 is 11.9 Å². The lowest BCUT2D eigenvalue weighted by molar-refractivity contribution is -0.268. The number of carbonyl (C=O) groups excluding carboxylic acids is 2. The Morgan fingerprint density at radius 3 is 1.80 bits per heavy atom. The molecule has 30 heavy (non-hydrogen) atoms. The molecule has 0 amide bonds. The van der Waals surface area contributed by atoms with Gasteiger partial charge in [0.15, 0.2) is 12.2 Å². The molecule has 0 unspecified atom stereocenters. The molecule has 1 saturated heterocycles. The average Bonchev–Trinajstić information content (AvgIpc) is 2.77. The zero-order valence-corrected chi connectivity index (χ0v) is 16.6. The molecule has 8 heteroatoms. The Morgan fingerprint density at radius 1 is 0.833 bits per heavy atom. The van der Waals surface area contributed by atoms with Crippen LogP contribution in [0.4, 0.5) is 4.39 Å². The molecule has 0 saturated carbocycles. The van der Waals surface area contributed by atoms with Gasteiger partial charge in [-0.1, -0.05) is 36.4 Å². The third-order valence-electron chi connectivity index (χ3n) is 4.69. The Bertz CT molecular complexity index is 830. The summed E-state index contributed by atoms with van der Waals surface area (Å²) in [4.78, 5) is 25.1. The van der Waals surface area contributed by atoms with Gasteiger partial charge in [0.1, 0.15) is 12.2 Å². The Labute approximate surface area is 173 Å². The van der Waals surface area contributed by atoms with Gasteiger partial charge in [0, 0.05) is 14.2 Å². The van der Waals surface area contributed by atoms with Crippen LogP contribution in [0.3, 0.4) is 0 Å². The number of methoxy groups -OCH3 is 2. The normalized spacial score (nSPS) is 26.0. The second-order valence-corrected chi connectivity index (χ2v) is 6.65. The number of halogens is 1. The molecule has 1 aliphatic rings. The summed E-state index contributed by atoms with van der Waals surface area (Å²) < 4.78 is 41.6. The topological polar surface area (TPSA) is 80.3 Å². The van der Waals surface area contributed by atoms with Crippen LogP contribution in [0.1, 0.15) is 20.7 Å². The molecule has 1 fully saturated rings. The number of hydrogen-bond acceptors (Lipinski definition) is 7. The van der Waals surface area contributed by atoms with Gasteiger partial charge in [0.2, 0.25) is 6.36 Å². The first-order valence-electron chi connectivity index (χ1n) is 9.38. The number of rotatable bonds is 7. The van der Waals surface area contributed by atoms with Crippen molar-refractivity contribution in [2.45, 2.75) is 30.8 Å². The minimum absolute atomic E-state index is 0.00232. The summed E-state index contributed by atoms with van der Waals surface area (Å²) in [6.45, 7) is -0.00232. The molecule has 160 valence electrons. The molecule has 0 bridgehead atoms. The molecule has 7 nitrogen and oxygen atoms in total. The maximum absolute atomic E-state index is 14.9. The molecule has 1 aliphatic heterocycles. The van der Waals surface area contributed by atoms with Crippen molar-refractivity contribution in [1.82, 2.24) is 0 Å². The first-order valence-corrected chi connectivity index (χ1v) is 9.38. The molecule has 3 rings (SSSR count). The Balaban J connectivity index is 1.86. The standard InChI is InChI=1S/C22H23FO7/c1-26-13-16-17(27-2)18(29-21(24)14-9-5-3-6-10-14)19(20(23)28-16)30-22(25)15-11-7-4-8-12-15/h3-12,16-20H,13H2,1-2H3/t16-,17-,18+,19+,20+/m1/s1. The second kappa shape index (κ2) is 10.3. The van der Waals surface area contributed by atoms with Crippen molar-refractivity contribution >= 4 is 11.9 Å². The third kappa shape index (κ3) is 5.02. The van der Waals surface area contributed by atoms with Crippen LogP contribution in [0.25, 0.3) is 0 Å². The van der Waals surface area contributed by atoms with Crippen molar-refractivity contribution < 1.29 is 37.7 Å². The second-order valence-electron chi connectivity index (χ2n) is 6.65. The lowest BCUT2D eigenvalue weighted by atomic mass is 9.98. The number of ether oxygens (including phenoxy) is 5. The highest BCUT2D eigenvalue weighted by Gasteiger charge is 2.51. The van der Waals surface area contributed by atoms with Crippen molar-refractivity contribution in [3.63, 3.8) is 0 Å². The van der Waals surface area contributed by atoms with Crippen LogP contribution >= 0.6 is 0 Å². The highest BCUT2D eigenvalue weighted by atomic mass is 19.1. The molecule has 2 aromatic rings. The van der Waals surface area contributed by atoms with Crippen molar-refractivity contribution in [3.05, 3.63) is 71.8 Å². The highest BCUT2D eigenvalue weighted by molar-refractivity contribution is 5.90. The SMILES string of the molecule is COC[C@H]1O[C@H](F)[C@@H](OC(=O)c2ccccc2)[C@@H](OC(=O)c2ccccc2)[C@@H]1OC. The fraction of sp³-hybridized carbons (Fsp3) is 0.364. The van der Waals surface area contributed by atoms with E-state index < -0.39 is 42.7 Å². The van der Waals surface area contributed by atoms with E-state index in [0.29, 0.717) is 0 Å². The van der Waals surface area contributed by atoms with Gasteiger partial charge in [-0.25, -0.2) is 14.0 Å². The molecule has 0 aliphatic carbocycles. The summed E-state index contributed by atoms with van der Waals surface area (Å²) in [6, 6.07) is 16.3. The molecule has 2 aromatic carbocycles. The molecule has 1 heterocycles. The van der Waals surface area contributed by atoms with Crippen LogP contribution in [-0.2, 0) is 23.7 Å². The van der Waals surface area contributed by atoms with E-state index in [2.05, 4.69) is 0 Å². The summed E-state index contributed by atoms with van der Waals surface area (Å²) >= 11 is 0. The van der Waals surface area contributed by atoms with E-state index in [4.69, 9.17) is 23.7 Å². The number of carbonyl (C=O) groups is 2. The van der Waals surface area contributed by atoms with Gasteiger partial charge in [-0.05, 0) is 24.3 Å². The lowest BCUT2D eigenvalue weighted by Crippen LogP contribution is -2.60. The van der Waals surface area contributed by atoms with Gasteiger partial charge in [-0.3, -0.25) is 0 Å². The van der Waals surface area contributed by atoms with Gasteiger partial charge < -0.3 is 23.7 Å².